The zero-order chi connectivity index (χ0) is 15.1. The Hall–Kier alpha value is -1.55. The highest BCUT2D eigenvalue weighted by atomic mass is 16.5. The Kier molecular flexibility index (Phi) is 6.05. The molecule has 1 heterocycles. The first-order valence-corrected chi connectivity index (χ1v) is 7.70. The minimum Gasteiger partial charge on any atom is -0.481 e. The third-order valence-corrected chi connectivity index (χ3v) is 4.06. The fourth-order valence-electron chi connectivity index (χ4n) is 2.74. The molecule has 1 aliphatic heterocycles. The fourth-order valence-corrected chi connectivity index (χ4v) is 2.74. The Morgan fingerprint density at radius 2 is 1.95 bits per heavy atom. The molecule has 4 heteroatoms. The Labute approximate surface area is 127 Å². The van der Waals surface area contributed by atoms with Crippen molar-refractivity contribution in [3.05, 3.63) is 30.3 Å². The lowest BCUT2D eigenvalue weighted by Crippen LogP contribution is -2.44. The summed E-state index contributed by atoms with van der Waals surface area (Å²) < 4.78 is 10.8. The molecule has 1 aromatic rings. The van der Waals surface area contributed by atoms with Gasteiger partial charge in [-0.1, -0.05) is 18.2 Å². The SMILES string of the molecule is COCCC1CCN(C(=O)[C@H](C)Oc2ccccc2)CC1. The number of carbonyl (C=O) groups is 1. The van der Waals surface area contributed by atoms with Crippen molar-refractivity contribution >= 4 is 5.91 Å². The van der Waals surface area contributed by atoms with Crippen molar-refractivity contribution in [2.24, 2.45) is 5.92 Å². The summed E-state index contributed by atoms with van der Waals surface area (Å²) in [6.45, 7) is 4.30. The van der Waals surface area contributed by atoms with Gasteiger partial charge in [0.15, 0.2) is 6.10 Å². The molecule has 0 unspecified atom stereocenters. The first kappa shape index (κ1) is 15.8. The molecular formula is C17H25NO3. The molecule has 4 nitrogen and oxygen atoms in total. The number of para-hydroxylation sites is 1. The maximum atomic E-state index is 12.4. The summed E-state index contributed by atoms with van der Waals surface area (Å²) in [4.78, 5) is 14.3. The van der Waals surface area contributed by atoms with E-state index in [9.17, 15) is 4.79 Å². The number of amides is 1. The lowest BCUT2D eigenvalue weighted by atomic mass is 9.94. The number of nitrogens with zero attached hydrogens (tertiary/aromatic N) is 1. The highest BCUT2D eigenvalue weighted by molar-refractivity contribution is 5.81. The second-order valence-electron chi connectivity index (χ2n) is 5.62. The quantitative estimate of drug-likeness (QED) is 0.809. The van der Waals surface area contributed by atoms with Crippen LogP contribution in [0.2, 0.25) is 0 Å². The van der Waals surface area contributed by atoms with Gasteiger partial charge >= 0.3 is 0 Å². The molecule has 0 spiro atoms. The summed E-state index contributed by atoms with van der Waals surface area (Å²) in [5.74, 6) is 1.51. The number of piperidine rings is 1. The van der Waals surface area contributed by atoms with Crippen LogP contribution in [0.4, 0.5) is 0 Å². The molecule has 0 N–H and O–H groups in total. The lowest BCUT2D eigenvalue weighted by molar-refractivity contribution is -0.139. The molecule has 1 atom stereocenters. The van der Waals surface area contributed by atoms with E-state index in [0.29, 0.717) is 5.92 Å². The Morgan fingerprint density at radius 3 is 2.57 bits per heavy atom. The number of hydrogen-bond acceptors (Lipinski definition) is 3. The van der Waals surface area contributed by atoms with E-state index in [4.69, 9.17) is 9.47 Å². The van der Waals surface area contributed by atoms with Gasteiger partial charge in [-0.2, -0.15) is 0 Å². The Bertz CT molecular complexity index is 427. The second kappa shape index (κ2) is 8.03. The molecule has 1 aromatic carbocycles. The van der Waals surface area contributed by atoms with Crippen LogP contribution in [0, 0.1) is 5.92 Å². The van der Waals surface area contributed by atoms with Crippen LogP contribution in [0.25, 0.3) is 0 Å². The number of ether oxygens (including phenoxy) is 2. The normalized spacial score (nSPS) is 17.5. The molecular weight excluding hydrogens is 266 g/mol. The van der Waals surface area contributed by atoms with Gasteiger partial charge in [0.25, 0.3) is 5.91 Å². The van der Waals surface area contributed by atoms with E-state index < -0.39 is 6.10 Å². The van der Waals surface area contributed by atoms with Crippen LogP contribution in [-0.2, 0) is 9.53 Å². The van der Waals surface area contributed by atoms with Gasteiger partial charge in [-0.15, -0.1) is 0 Å². The average molecular weight is 291 g/mol. The van der Waals surface area contributed by atoms with Gasteiger partial charge in [0.05, 0.1) is 0 Å². The van der Waals surface area contributed by atoms with Crippen molar-refractivity contribution in [1.29, 1.82) is 0 Å². The van der Waals surface area contributed by atoms with E-state index in [0.717, 1.165) is 44.7 Å². The number of likely N-dealkylation sites (tertiary alicyclic amines) is 1. The van der Waals surface area contributed by atoms with E-state index in [1.807, 2.05) is 42.2 Å². The Morgan fingerprint density at radius 1 is 1.29 bits per heavy atom. The van der Waals surface area contributed by atoms with Gasteiger partial charge in [0.2, 0.25) is 0 Å². The van der Waals surface area contributed by atoms with Crippen molar-refractivity contribution in [3.8, 4) is 5.75 Å². The van der Waals surface area contributed by atoms with Gasteiger partial charge in [0, 0.05) is 26.8 Å². The number of hydrogen-bond donors (Lipinski definition) is 0. The first-order valence-electron chi connectivity index (χ1n) is 7.70. The van der Waals surface area contributed by atoms with Crippen molar-refractivity contribution in [3.63, 3.8) is 0 Å². The maximum absolute atomic E-state index is 12.4. The van der Waals surface area contributed by atoms with Gasteiger partial charge in [-0.3, -0.25) is 4.79 Å². The number of methoxy groups -OCH3 is 1. The summed E-state index contributed by atoms with van der Waals surface area (Å²) in [6, 6.07) is 9.51. The van der Waals surface area contributed by atoms with E-state index in [2.05, 4.69) is 0 Å². The number of benzene rings is 1. The second-order valence-corrected chi connectivity index (χ2v) is 5.62. The first-order chi connectivity index (χ1) is 10.2. The van der Waals surface area contributed by atoms with Crippen LogP contribution in [0.3, 0.4) is 0 Å². The summed E-state index contributed by atoms with van der Waals surface area (Å²) in [5, 5.41) is 0. The molecule has 0 aliphatic carbocycles. The third kappa shape index (κ3) is 4.74. The van der Waals surface area contributed by atoms with Crippen LogP contribution in [0.1, 0.15) is 26.2 Å². The standard InChI is InChI=1S/C17H25NO3/c1-14(21-16-6-4-3-5-7-16)17(19)18-11-8-15(9-12-18)10-13-20-2/h3-7,14-15H,8-13H2,1-2H3/t14-/m0/s1. The zero-order valence-electron chi connectivity index (χ0n) is 13.0. The van der Waals surface area contributed by atoms with E-state index in [-0.39, 0.29) is 5.91 Å². The minimum atomic E-state index is -0.428. The Balaban J connectivity index is 1.78. The van der Waals surface area contributed by atoms with Crippen LogP contribution in [-0.4, -0.2) is 43.7 Å². The average Bonchev–Trinajstić information content (AvgIpc) is 2.53. The number of carbonyl (C=O) groups excluding carboxylic acids is 1. The predicted octanol–water partition coefficient (Wildman–Crippen LogP) is 2.73. The summed E-state index contributed by atoms with van der Waals surface area (Å²) in [6.07, 6.45) is 2.79. The molecule has 0 radical (unpaired) electrons. The van der Waals surface area contributed by atoms with Gasteiger partial charge in [-0.05, 0) is 44.2 Å². The molecule has 2 rings (SSSR count). The van der Waals surface area contributed by atoms with E-state index in [1.165, 1.54) is 0 Å². The molecule has 1 saturated heterocycles. The zero-order valence-corrected chi connectivity index (χ0v) is 13.0. The fraction of sp³-hybridized carbons (Fsp3) is 0.588. The monoisotopic (exact) mass is 291 g/mol. The van der Waals surface area contributed by atoms with Crippen LogP contribution >= 0.6 is 0 Å². The molecule has 21 heavy (non-hydrogen) atoms. The van der Waals surface area contributed by atoms with Crippen molar-refractivity contribution < 1.29 is 14.3 Å². The van der Waals surface area contributed by atoms with Crippen molar-refractivity contribution in [2.75, 3.05) is 26.8 Å². The van der Waals surface area contributed by atoms with Crippen LogP contribution in [0.15, 0.2) is 30.3 Å². The third-order valence-electron chi connectivity index (χ3n) is 4.06. The van der Waals surface area contributed by atoms with Gasteiger partial charge < -0.3 is 14.4 Å². The largest absolute Gasteiger partial charge is 0.481 e. The van der Waals surface area contributed by atoms with Crippen molar-refractivity contribution in [1.82, 2.24) is 4.90 Å². The molecule has 1 fully saturated rings. The van der Waals surface area contributed by atoms with Gasteiger partial charge in [0.1, 0.15) is 5.75 Å². The summed E-state index contributed by atoms with van der Waals surface area (Å²) >= 11 is 0. The molecule has 1 amide bonds. The highest BCUT2D eigenvalue weighted by Gasteiger charge is 2.26. The van der Waals surface area contributed by atoms with E-state index >= 15 is 0 Å². The molecule has 0 aromatic heterocycles. The summed E-state index contributed by atoms with van der Waals surface area (Å²) in [5.41, 5.74) is 0. The molecule has 116 valence electrons. The maximum Gasteiger partial charge on any atom is 0.263 e. The lowest BCUT2D eigenvalue weighted by Gasteiger charge is -2.33. The molecule has 1 aliphatic rings. The predicted molar refractivity (Wildman–Crippen MR) is 82.3 cm³/mol. The highest BCUT2D eigenvalue weighted by Crippen LogP contribution is 2.21. The van der Waals surface area contributed by atoms with Crippen LogP contribution in [0.5, 0.6) is 5.75 Å². The van der Waals surface area contributed by atoms with E-state index in [1.54, 1.807) is 7.11 Å². The number of rotatable bonds is 6. The molecule has 0 saturated carbocycles. The smallest absolute Gasteiger partial charge is 0.263 e. The summed E-state index contributed by atoms with van der Waals surface area (Å²) in [7, 11) is 1.74. The molecule has 0 bridgehead atoms. The van der Waals surface area contributed by atoms with Crippen LogP contribution < -0.4 is 4.74 Å². The topological polar surface area (TPSA) is 38.8 Å². The van der Waals surface area contributed by atoms with Gasteiger partial charge in [-0.25, -0.2) is 0 Å². The minimum absolute atomic E-state index is 0.0871. The van der Waals surface area contributed by atoms with Crippen molar-refractivity contribution in [2.45, 2.75) is 32.3 Å².